The number of pyridine rings is 1. The average molecular weight is 267 g/mol. The summed E-state index contributed by atoms with van der Waals surface area (Å²) in [6.45, 7) is 4.49. The van der Waals surface area contributed by atoms with Gasteiger partial charge in [-0.1, -0.05) is 0 Å². The van der Waals surface area contributed by atoms with Gasteiger partial charge in [-0.25, -0.2) is 9.78 Å². The van der Waals surface area contributed by atoms with Gasteiger partial charge in [-0.3, -0.25) is 0 Å². The van der Waals surface area contributed by atoms with Crippen LogP contribution in [0.15, 0.2) is 12.1 Å². The summed E-state index contributed by atoms with van der Waals surface area (Å²) >= 11 is 0. The molecule has 0 spiro atoms. The molecular weight excluding hydrogens is 246 g/mol. The second-order valence-corrected chi connectivity index (χ2v) is 4.53. The zero-order valence-corrected chi connectivity index (χ0v) is 11.6. The van der Waals surface area contributed by atoms with Crippen molar-refractivity contribution < 1.29 is 14.6 Å². The van der Waals surface area contributed by atoms with E-state index in [1.807, 2.05) is 14.1 Å². The molecular formula is C13H21N3O3. The van der Waals surface area contributed by atoms with Crippen molar-refractivity contribution in [2.24, 2.45) is 0 Å². The van der Waals surface area contributed by atoms with Crippen LogP contribution in [0.2, 0.25) is 0 Å². The van der Waals surface area contributed by atoms with E-state index in [0.717, 1.165) is 6.54 Å². The SMILES string of the molecule is Cc1cc(C(=O)O)cc(NCCOCCN(C)C)n1. The fourth-order valence-corrected chi connectivity index (χ4v) is 1.48. The van der Waals surface area contributed by atoms with E-state index < -0.39 is 5.97 Å². The summed E-state index contributed by atoms with van der Waals surface area (Å²) in [6, 6.07) is 3.07. The molecule has 2 N–H and O–H groups in total. The lowest BCUT2D eigenvalue weighted by Crippen LogP contribution is -2.20. The maximum absolute atomic E-state index is 10.9. The zero-order chi connectivity index (χ0) is 14.3. The fraction of sp³-hybridized carbons (Fsp3) is 0.538. The molecule has 0 radical (unpaired) electrons. The van der Waals surface area contributed by atoms with E-state index in [9.17, 15) is 4.79 Å². The van der Waals surface area contributed by atoms with E-state index in [4.69, 9.17) is 9.84 Å². The lowest BCUT2D eigenvalue weighted by molar-refractivity contribution is 0.0696. The van der Waals surface area contributed by atoms with E-state index in [0.29, 0.717) is 31.3 Å². The fourth-order valence-electron chi connectivity index (χ4n) is 1.48. The number of hydrogen-bond acceptors (Lipinski definition) is 5. The molecule has 106 valence electrons. The van der Waals surface area contributed by atoms with Gasteiger partial charge in [0, 0.05) is 18.8 Å². The van der Waals surface area contributed by atoms with E-state index in [2.05, 4.69) is 15.2 Å². The molecule has 0 aliphatic heterocycles. The number of hydrogen-bond donors (Lipinski definition) is 2. The Labute approximate surface area is 113 Å². The van der Waals surface area contributed by atoms with Gasteiger partial charge in [-0.05, 0) is 33.2 Å². The minimum absolute atomic E-state index is 0.239. The Kier molecular flexibility index (Phi) is 6.24. The number of aryl methyl sites for hydroxylation is 1. The molecule has 0 aliphatic carbocycles. The molecule has 1 aromatic rings. The summed E-state index contributed by atoms with van der Waals surface area (Å²) < 4.78 is 5.43. The number of carboxylic acids is 1. The van der Waals surface area contributed by atoms with Gasteiger partial charge in [-0.15, -0.1) is 0 Å². The first-order valence-electron chi connectivity index (χ1n) is 6.17. The molecule has 6 nitrogen and oxygen atoms in total. The number of carboxylic acid groups (broad SMARTS) is 1. The number of rotatable bonds is 8. The molecule has 6 heteroatoms. The summed E-state index contributed by atoms with van der Waals surface area (Å²) in [7, 11) is 3.98. The normalized spacial score (nSPS) is 10.7. The van der Waals surface area contributed by atoms with Crippen molar-refractivity contribution in [1.29, 1.82) is 0 Å². The van der Waals surface area contributed by atoms with Crippen molar-refractivity contribution in [3.63, 3.8) is 0 Å². The molecule has 1 rings (SSSR count). The smallest absolute Gasteiger partial charge is 0.335 e. The summed E-state index contributed by atoms with van der Waals surface area (Å²) in [5, 5.41) is 12.0. The van der Waals surface area contributed by atoms with Gasteiger partial charge in [0.05, 0.1) is 18.8 Å². The maximum atomic E-state index is 10.9. The van der Waals surface area contributed by atoms with Crippen LogP contribution >= 0.6 is 0 Å². The largest absolute Gasteiger partial charge is 0.478 e. The predicted octanol–water partition coefficient (Wildman–Crippen LogP) is 1.08. The van der Waals surface area contributed by atoms with Crippen LogP contribution in [0.4, 0.5) is 5.82 Å². The Morgan fingerprint density at radius 1 is 1.42 bits per heavy atom. The lowest BCUT2D eigenvalue weighted by atomic mass is 10.2. The number of ether oxygens (including phenoxy) is 1. The lowest BCUT2D eigenvalue weighted by Gasteiger charge is -2.11. The number of aromatic nitrogens is 1. The topological polar surface area (TPSA) is 74.7 Å². The first-order valence-corrected chi connectivity index (χ1v) is 6.17. The van der Waals surface area contributed by atoms with E-state index in [1.165, 1.54) is 6.07 Å². The molecule has 19 heavy (non-hydrogen) atoms. The number of nitrogens with zero attached hydrogens (tertiary/aromatic N) is 2. The Morgan fingerprint density at radius 2 is 2.16 bits per heavy atom. The Hall–Kier alpha value is -1.66. The van der Waals surface area contributed by atoms with Gasteiger partial charge >= 0.3 is 5.97 Å². The molecule has 0 aromatic carbocycles. The van der Waals surface area contributed by atoms with Gasteiger partial charge < -0.3 is 20.1 Å². The minimum atomic E-state index is -0.948. The Bertz CT molecular complexity index is 422. The number of aromatic carboxylic acids is 1. The van der Waals surface area contributed by atoms with Gasteiger partial charge in [0.25, 0.3) is 0 Å². The monoisotopic (exact) mass is 267 g/mol. The van der Waals surface area contributed by atoms with Crippen LogP contribution in [0.3, 0.4) is 0 Å². The van der Waals surface area contributed by atoms with Crippen molar-refractivity contribution in [2.45, 2.75) is 6.92 Å². The molecule has 0 bridgehead atoms. The van der Waals surface area contributed by atoms with Crippen molar-refractivity contribution in [2.75, 3.05) is 45.7 Å². The summed E-state index contributed by atoms with van der Waals surface area (Å²) in [6.07, 6.45) is 0. The van der Waals surface area contributed by atoms with Crippen LogP contribution in [0, 0.1) is 6.92 Å². The predicted molar refractivity (Wildman–Crippen MR) is 73.8 cm³/mol. The molecule has 0 aliphatic rings. The van der Waals surface area contributed by atoms with E-state index >= 15 is 0 Å². The second-order valence-electron chi connectivity index (χ2n) is 4.53. The van der Waals surface area contributed by atoms with Gasteiger partial charge in [0.15, 0.2) is 0 Å². The molecule has 1 aromatic heterocycles. The third-order valence-electron chi connectivity index (χ3n) is 2.44. The quantitative estimate of drug-likeness (QED) is 0.686. The third kappa shape index (κ3) is 6.17. The first kappa shape index (κ1) is 15.4. The molecule has 0 unspecified atom stereocenters. The van der Waals surface area contributed by atoms with Gasteiger partial charge in [-0.2, -0.15) is 0 Å². The van der Waals surface area contributed by atoms with Crippen molar-refractivity contribution in [1.82, 2.24) is 9.88 Å². The highest BCUT2D eigenvalue weighted by Gasteiger charge is 2.06. The molecule has 0 atom stereocenters. The number of anilines is 1. The molecule has 1 heterocycles. The van der Waals surface area contributed by atoms with Gasteiger partial charge in [0.1, 0.15) is 5.82 Å². The Morgan fingerprint density at radius 3 is 2.79 bits per heavy atom. The van der Waals surface area contributed by atoms with Crippen LogP contribution in [0.25, 0.3) is 0 Å². The second kappa shape index (κ2) is 7.70. The highest BCUT2D eigenvalue weighted by Crippen LogP contribution is 2.09. The standard InChI is InChI=1S/C13H21N3O3/c1-10-8-11(13(17)18)9-12(15-10)14-4-6-19-7-5-16(2)3/h8-9H,4-7H2,1-3H3,(H,14,15)(H,17,18). The van der Waals surface area contributed by atoms with Crippen LogP contribution in [-0.4, -0.2) is 61.4 Å². The van der Waals surface area contributed by atoms with E-state index in [-0.39, 0.29) is 5.56 Å². The number of nitrogens with one attached hydrogen (secondary N) is 1. The summed E-state index contributed by atoms with van der Waals surface area (Å²) in [5.74, 6) is -0.385. The minimum Gasteiger partial charge on any atom is -0.478 e. The maximum Gasteiger partial charge on any atom is 0.335 e. The molecule has 0 saturated heterocycles. The molecule has 0 amide bonds. The summed E-state index contributed by atoms with van der Waals surface area (Å²) in [4.78, 5) is 17.2. The van der Waals surface area contributed by atoms with Crippen LogP contribution in [-0.2, 0) is 4.74 Å². The van der Waals surface area contributed by atoms with Crippen molar-refractivity contribution in [3.8, 4) is 0 Å². The van der Waals surface area contributed by atoms with Crippen molar-refractivity contribution >= 4 is 11.8 Å². The van der Waals surface area contributed by atoms with Crippen molar-refractivity contribution in [3.05, 3.63) is 23.4 Å². The van der Waals surface area contributed by atoms with E-state index in [1.54, 1.807) is 13.0 Å². The van der Waals surface area contributed by atoms with Gasteiger partial charge in [0.2, 0.25) is 0 Å². The van der Waals surface area contributed by atoms with Crippen LogP contribution in [0.1, 0.15) is 16.1 Å². The molecule has 0 saturated carbocycles. The van der Waals surface area contributed by atoms with Crippen LogP contribution < -0.4 is 5.32 Å². The molecule has 0 fully saturated rings. The summed E-state index contributed by atoms with van der Waals surface area (Å²) in [5.41, 5.74) is 0.916. The first-order chi connectivity index (χ1) is 8.99. The zero-order valence-electron chi connectivity index (χ0n) is 11.6. The van der Waals surface area contributed by atoms with Crippen LogP contribution in [0.5, 0.6) is 0 Å². The highest BCUT2D eigenvalue weighted by molar-refractivity contribution is 5.88. The highest BCUT2D eigenvalue weighted by atomic mass is 16.5. The number of likely N-dealkylation sites (N-methyl/N-ethyl adjacent to an activating group) is 1. The average Bonchev–Trinajstić information content (AvgIpc) is 2.32. The number of carbonyl (C=O) groups is 1. The third-order valence-corrected chi connectivity index (χ3v) is 2.44. The Balaban J connectivity index is 2.35.